The smallest absolute Gasteiger partial charge is 0.426 e. The minimum Gasteiger partial charge on any atom is -0.426 e. The first kappa shape index (κ1) is 18.1. The van der Waals surface area contributed by atoms with Crippen LogP contribution in [0.3, 0.4) is 0 Å². The van der Waals surface area contributed by atoms with Crippen LogP contribution < -0.4 is 0 Å². The van der Waals surface area contributed by atoms with E-state index < -0.39 is 51.5 Å². The van der Waals surface area contributed by atoms with Crippen molar-refractivity contribution in [3.8, 4) is 0 Å². The number of imidazole rings is 1. The molecule has 2 aromatic rings. The highest BCUT2D eigenvalue weighted by Gasteiger charge is 2.75. The molecule has 2 heterocycles. The van der Waals surface area contributed by atoms with Crippen molar-refractivity contribution < 1.29 is 49.1 Å². The van der Waals surface area contributed by atoms with E-state index in [2.05, 4.69) is 9.97 Å². The highest BCUT2D eigenvalue weighted by molar-refractivity contribution is 5.72. The average Bonchev–Trinajstić information content (AvgIpc) is 2.74. The van der Waals surface area contributed by atoms with Crippen LogP contribution in [-0.4, -0.2) is 32.0 Å². The quantitative estimate of drug-likeness (QED) is 0.642. The number of alkyl halides is 10. The standard InChI is InChI=1S/C10H3F10N3O/c11-7(12,9(16,17)10(18,19)20)6-22-5-4(23(6)24)1-3(2-21-5)8(13,14)15/h1-2,24H. The first-order valence-electron chi connectivity index (χ1n) is 5.58. The largest absolute Gasteiger partial charge is 0.460 e. The molecule has 14 heteroatoms. The summed E-state index contributed by atoms with van der Waals surface area (Å²) in [5, 5.41) is 9.31. The number of nitrogens with zero attached hydrogens (tertiary/aromatic N) is 3. The molecular weight excluding hydrogens is 368 g/mol. The summed E-state index contributed by atoms with van der Waals surface area (Å²) in [4.78, 5) is 5.51. The molecule has 0 spiro atoms. The fourth-order valence-corrected chi connectivity index (χ4v) is 1.63. The van der Waals surface area contributed by atoms with Crippen LogP contribution in [0, 0.1) is 0 Å². The van der Waals surface area contributed by atoms with E-state index in [9.17, 15) is 49.1 Å². The van der Waals surface area contributed by atoms with Crippen molar-refractivity contribution >= 4 is 11.2 Å². The molecule has 134 valence electrons. The van der Waals surface area contributed by atoms with Crippen molar-refractivity contribution in [2.24, 2.45) is 0 Å². The van der Waals surface area contributed by atoms with E-state index in [1.807, 2.05) is 0 Å². The third-order valence-electron chi connectivity index (χ3n) is 2.85. The summed E-state index contributed by atoms with van der Waals surface area (Å²) >= 11 is 0. The SMILES string of the molecule is On1c(C(F)(F)C(F)(F)C(F)(F)F)nc2ncc(C(F)(F)F)cc21. The summed E-state index contributed by atoms with van der Waals surface area (Å²) in [5.41, 5.74) is -3.88. The molecular formula is C10H3F10N3O. The van der Waals surface area contributed by atoms with E-state index in [-0.39, 0.29) is 12.3 Å². The van der Waals surface area contributed by atoms with Crippen molar-refractivity contribution in [1.29, 1.82) is 0 Å². The minimum atomic E-state index is -6.71. The second kappa shape index (κ2) is 4.86. The van der Waals surface area contributed by atoms with Crippen LogP contribution in [-0.2, 0) is 12.1 Å². The van der Waals surface area contributed by atoms with Gasteiger partial charge < -0.3 is 5.21 Å². The van der Waals surface area contributed by atoms with Crippen LogP contribution >= 0.6 is 0 Å². The zero-order valence-corrected chi connectivity index (χ0v) is 10.7. The lowest BCUT2D eigenvalue weighted by Gasteiger charge is -2.26. The Labute approximate surface area is 124 Å². The molecule has 2 rings (SSSR count). The maximum absolute atomic E-state index is 13.5. The maximum Gasteiger partial charge on any atom is 0.460 e. The number of pyridine rings is 1. The molecule has 2 aromatic heterocycles. The summed E-state index contributed by atoms with van der Waals surface area (Å²) in [6.07, 6.45) is -11.7. The van der Waals surface area contributed by atoms with Crippen molar-refractivity contribution in [2.75, 3.05) is 0 Å². The molecule has 0 aliphatic carbocycles. The topological polar surface area (TPSA) is 50.9 Å². The molecule has 24 heavy (non-hydrogen) atoms. The number of fused-ring (bicyclic) bond motifs is 1. The Morgan fingerprint density at radius 2 is 1.46 bits per heavy atom. The van der Waals surface area contributed by atoms with Gasteiger partial charge in [0.1, 0.15) is 5.52 Å². The van der Waals surface area contributed by atoms with Crippen LogP contribution in [0.1, 0.15) is 11.4 Å². The lowest BCUT2D eigenvalue weighted by molar-refractivity contribution is -0.362. The second-order valence-electron chi connectivity index (χ2n) is 4.46. The van der Waals surface area contributed by atoms with Crippen LogP contribution in [0.5, 0.6) is 0 Å². The average molecular weight is 371 g/mol. The van der Waals surface area contributed by atoms with E-state index in [4.69, 9.17) is 0 Å². The normalized spacial score (nSPS) is 14.4. The molecule has 0 aromatic carbocycles. The zero-order valence-electron chi connectivity index (χ0n) is 10.7. The molecule has 4 nitrogen and oxygen atoms in total. The van der Waals surface area contributed by atoms with Gasteiger partial charge in [-0.3, -0.25) is 0 Å². The summed E-state index contributed by atoms with van der Waals surface area (Å²) in [6, 6.07) is 0.0145. The van der Waals surface area contributed by atoms with Gasteiger partial charge in [0.2, 0.25) is 5.82 Å². The predicted molar refractivity (Wildman–Crippen MR) is 54.6 cm³/mol. The van der Waals surface area contributed by atoms with Gasteiger partial charge in [0.25, 0.3) is 0 Å². The molecule has 0 aliphatic heterocycles. The fourth-order valence-electron chi connectivity index (χ4n) is 1.63. The van der Waals surface area contributed by atoms with Crippen LogP contribution in [0.4, 0.5) is 43.9 Å². The van der Waals surface area contributed by atoms with Crippen LogP contribution in [0.25, 0.3) is 11.2 Å². The van der Waals surface area contributed by atoms with Gasteiger partial charge in [0, 0.05) is 6.20 Å². The van der Waals surface area contributed by atoms with E-state index in [1.165, 1.54) is 0 Å². The third-order valence-corrected chi connectivity index (χ3v) is 2.85. The fraction of sp³-hybridized carbons (Fsp3) is 0.400. The number of aromatic nitrogens is 3. The summed E-state index contributed by atoms with van der Waals surface area (Å²) in [7, 11) is 0. The monoisotopic (exact) mass is 371 g/mol. The molecule has 0 saturated carbocycles. The molecule has 0 atom stereocenters. The molecule has 0 saturated heterocycles. The number of rotatable bonds is 2. The summed E-state index contributed by atoms with van der Waals surface area (Å²) in [5.74, 6) is -15.2. The Morgan fingerprint density at radius 1 is 0.917 bits per heavy atom. The van der Waals surface area contributed by atoms with Crippen molar-refractivity contribution in [3.05, 3.63) is 23.7 Å². The predicted octanol–water partition coefficient (Wildman–Crippen LogP) is 3.98. The molecule has 0 fully saturated rings. The van der Waals surface area contributed by atoms with Crippen molar-refractivity contribution in [3.63, 3.8) is 0 Å². The number of halogens is 10. The van der Waals surface area contributed by atoms with Gasteiger partial charge in [-0.1, -0.05) is 0 Å². The first-order valence-corrected chi connectivity index (χ1v) is 5.58. The van der Waals surface area contributed by atoms with Gasteiger partial charge >= 0.3 is 24.2 Å². The van der Waals surface area contributed by atoms with Gasteiger partial charge in [0.15, 0.2) is 5.65 Å². The van der Waals surface area contributed by atoms with Gasteiger partial charge in [-0.05, 0) is 6.07 Å². The molecule has 0 radical (unpaired) electrons. The first-order chi connectivity index (χ1) is 10.6. The van der Waals surface area contributed by atoms with Gasteiger partial charge in [0.05, 0.1) is 5.56 Å². The lowest BCUT2D eigenvalue weighted by Crippen LogP contribution is -2.51. The van der Waals surface area contributed by atoms with Crippen LogP contribution in [0.15, 0.2) is 12.3 Å². The highest BCUT2D eigenvalue weighted by Crippen LogP contribution is 2.51. The van der Waals surface area contributed by atoms with E-state index in [0.29, 0.717) is 0 Å². The van der Waals surface area contributed by atoms with E-state index in [1.54, 1.807) is 0 Å². The van der Waals surface area contributed by atoms with Gasteiger partial charge in [-0.2, -0.15) is 48.6 Å². The molecule has 0 amide bonds. The lowest BCUT2D eigenvalue weighted by atomic mass is 10.1. The Bertz CT molecular complexity index is 776. The van der Waals surface area contributed by atoms with Crippen molar-refractivity contribution in [2.45, 2.75) is 24.2 Å². The van der Waals surface area contributed by atoms with Crippen LogP contribution in [0.2, 0.25) is 0 Å². The number of hydrogen-bond donors (Lipinski definition) is 1. The Balaban J connectivity index is 2.68. The van der Waals surface area contributed by atoms with E-state index >= 15 is 0 Å². The molecule has 0 aliphatic rings. The third kappa shape index (κ3) is 2.49. The Kier molecular flexibility index (Phi) is 3.66. The molecule has 0 unspecified atom stereocenters. The van der Waals surface area contributed by atoms with Crippen molar-refractivity contribution in [1.82, 2.24) is 14.7 Å². The second-order valence-corrected chi connectivity index (χ2v) is 4.46. The Morgan fingerprint density at radius 3 is 1.92 bits per heavy atom. The molecule has 0 bridgehead atoms. The van der Waals surface area contributed by atoms with Gasteiger partial charge in [-0.15, -0.1) is 0 Å². The molecule has 1 N–H and O–H groups in total. The Hall–Kier alpha value is -2.28. The zero-order chi connectivity index (χ0) is 18.7. The summed E-state index contributed by atoms with van der Waals surface area (Å²) < 4.78 is 126. The van der Waals surface area contributed by atoms with Gasteiger partial charge in [-0.25, -0.2) is 9.97 Å². The highest BCUT2D eigenvalue weighted by atomic mass is 19.4. The number of hydrogen-bond acceptors (Lipinski definition) is 3. The minimum absolute atomic E-state index is 0.0145. The maximum atomic E-state index is 13.5. The summed E-state index contributed by atoms with van der Waals surface area (Å²) in [6.45, 7) is 0. The van der Waals surface area contributed by atoms with E-state index in [0.717, 1.165) is 0 Å².